The third-order valence-corrected chi connectivity index (χ3v) is 4.89. The highest BCUT2D eigenvalue weighted by Gasteiger charge is 2.19. The van der Waals surface area contributed by atoms with E-state index in [4.69, 9.17) is 11.6 Å². The Hall–Kier alpha value is -0.570. The number of halogens is 1. The predicted octanol–water partition coefficient (Wildman–Crippen LogP) is 4.50. The Labute approximate surface area is 134 Å². The molecular formula is C18H29ClN2. The number of rotatable bonds is 7. The van der Waals surface area contributed by atoms with Gasteiger partial charge in [-0.05, 0) is 62.5 Å². The zero-order valence-electron chi connectivity index (χ0n) is 13.4. The van der Waals surface area contributed by atoms with E-state index in [9.17, 15) is 0 Å². The fourth-order valence-electron chi connectivity index (χ4n) is 3.33. The summed E-state index contributed by atoms with van der Waals surface area (Å²) >= 11 is 6.00. The Kier molecular flexibility index (Phi) is 7.01. The van der Waals surface area contributed by atoms with Crippen LogP contribution in [0.2, 0.25) is 5.02 Å². The number of benzene rings is 1. The van der Waals surface area contributed by atoms with Crippen molar-refractivity contribution in [1.29, 1.82) is 0 Å². The molecule has 1 N–H and O–H groups in total. The van der Waals surface area contributed by atoms with Crippen LogP contribution in [0.5, 0.6) is 0 Å². The number of nitrogens with one attached hydrogen (secondary N) is 1. The Bertz CT molecular complexity index is 404. The zero-order valence-corrected chi connectivity index (χ0v) is 14.2. The van der Waals surface area contributed by atoms with E-state index in [0.29, 0.717) is 6.04 Å². The summed E-state index contributed by atoms with van der Waals surface area (Å²) in [6.07, 6.45) is 5.28. The first-order chi connectivity index (χ1) is 10.2. The average molecular weight is 309 g/mol. The molecule has 1 fully saturated rings. The van der Waals surface area contributed by atoms with Gasteiger partial charge in [0, 0.05) is 17.6 Å². The summed E-state index contributed by atoms with van der Waals surface area (Å²) in [6, 6.07) is 8.74. The maximum atomic E-state index is 6.00. The first kappa shape index (κ1) is 16.8. The second-order valence-corrected chi connectivity index (χ2v) is 6.60. The molecule has 2 rings (SSSR count). The second-order valence-electron chi connectivity index (χ2n) is 6.17. The first-order valence-corrected chi connectivity index (χ1v) is 8.82. The van der Waals surface area contributed by atoms with Gasteiger partial charge in [-0.2, -0.15) is 0 Å². The van der Waals surface area contributed by atoms with Crippen LogP contribution in [0.25, 0.3) is 0 Å². The third-order valence-electron chi connectivity index (χ3n) is 4.64. The van der Waals surface area contributed by atoms with E-state index in [1.807, 2.05) is 12.1 Å². The minimum atomic E-state index is 0.439. The van der Waals surface area contributed by atoms with Gasteiger partial charge in [0.15, 0.2) is 0 Å². The minimum Gasteiger partial charge on any atom is -0.310 e. The van der Waals surface area contributed by atoms with E-state index in [-0.39, 0.29) is 0 Å². The molecule has 0 amide bonds. The summed E-state index contributed by atoms with van der Waals surface area (Å²) in [5, 5.41) is 4.43. The summed E-state index contributed by atoms with van der Waals surface area (Å²) in [7, 11) is 0. The molecule has 0 saturated carbocycles. The van der Waals surface area contributed by atoms with E-state index in [2.05, 4.69) is 36.2 Å². The second kappa shape index (κ2) is 8.77. The van der Waals surface area contributed by atoms with Crippen molar-refractivity contribution < 1.29 is 0 Å². The Morgan fingerprint density at radius 2 is 2.05 bits per heavy atom. The highest BCUT2D eigenvalue weighted by atomic mass is 35.5. The highest BCUT2D eigenvalue weighted by molar-refractivity contribution is 6.30. The molecule has 3 heteroatoms. The van der Waals surface area contributed by atoms with Gasteiger partial charge in [0.1, 0.15) is 0 Å². The van der Waals surface area contributed by atoms with Crippen molar-refractivity contribution in [2.45, 2.75) is 45.6 Å². The monoisotopic (exact) mass is 308 g/mol. The van der Waals surface area contributed by atoms with Crippen molar-refractivity contribution in [3.63, 3.8) is 0 Å². The molecule has 0 aliphatic carbocycles. The van der Waals surface area contributed by atoms with Crippen LogP contribution in [0.1, 0.15) is 51.1 Å². The van der Waals surface area contributed by atoms with Crippen LogP contribution >= 0.6 is 11.6 Å². The summed E-state index contributed by atoms with van der Waals surface area (Å²) in [5.41, 5.74) is 1.35. The Morgan fingerprint density at radius 3 is 2.71 bits per heavy atom. The standard InChI is InChI=1S/C18H29ClN2/c1-3-15-6-5-12-21(14-15)13-11-18(20-4-2)16-7-9-17(19)10-8-16/h7-10,15,18,20H,3-6,11-14H2,1-2H3. The van der Waals surface area contributed by atoms with Gasteiger partial charge in [-0.25, -0.2) is 0 Å². The summed E-state index contributed by atoms with van der Waals surface area (Å²) in [5.74, 6) is 0.909. The van der Waals surface area contributed by atoms with E-state index in [1.165, 1.54) is 50.9 Å². The molecule has 1 aliphatic heterocycles. The molecule has 1 aromatic carbocycles. The Balaban J connectivity index is 1.89. The summed E-state index contributed by atoms with van der Waals surface area (Å²) in [4.78, 5) is 2.65. The van der Waals surface area contributed by atoms with Gasteiger partial charge in [-0.3, -0.25) is 0 Å². The van der Waals surface area contributed by atoms with Crippen LogP contribution in [0.3, 0.4) is 0 Å². The number of nitrogens with zero attached hydrogens (tertiary/aromatic N) is 1. The molecule has 1 aromatic rings. The van der Waals surface area contributed by atoms with Crippen LogP contribution in [0, 0.1) is 5.92 Å². The number of piperidine rings is 1. The topological polar surface area (TPSA) is 15.3 Å². The van der Waals surface area contributed by atoms with E-state index in [0.717, 1.165) is 17.5 Å². The molecule has 1 saturated heterocycles. The van der Waals surface area contributed by atoms with Gasteiger partial charge in [0.25, 0.3) is 0 Å². The fraction of sp³-hybridized carbons (Fsp3) is 0.667. The van der Waals surface area contributed by atoms with Gasteiger partial charge in [-0.1, -0.05) is 44.0 Å². The van der Waals surface area contributed by atoms with Crippen LogP contribution in [-0.4, -0.2) is 31.1 Å². The van der Waals surface area contributed by atoms with Crippen molar-refractivity contribution in [3.8, 4) is 0 Å². The molecule has 0 aromatic heterocycles. The number of likely N-dealkylation sites (tertiary alicyclic amines) is 1. The van der Waals surface area contributed by atoms with Gasteiger partial charge in [0.2, 0.25) is 0 Å². The molecule has 1 aliphatic rings. The largest absolute Gasteiger partial charge is 0.310 e. The molecule has 2 atom stereocenters. The van der Waals surface area contributed by atoms with Crippen LogP contribution in [-0.2, 0) is 0 Å². The van der Waals surface area contributed by atoms with Gasteiger partial charge in [-0.15, -0.1) is 0 Å². The van der Waals surface area contributed by atoms with E-state index in [1.54, 1.807) is 0 Å². The summed E-state index contributed by atoms with van der Waals surface area (Å²) < 4.78 is 0. The maximum absolute atomic E-state index is 6.00. The fourth-order valence-corrected chi connectivity index (χ4v) is 3.45. The van der Waals surface area contributed by atoms with Crippen molar-refractivity contribution in [3.05, 3.63) is 34.9 Å². The Morgan fingerprint density at radius 1 is 1.29 bits per heavy atom. The van der Waals surface area contributed by atoms with Crippen LogP contribution < -0.4 is 5.32 Å². The molecule has 0 bridgehead atoms. The highest BCUT2D eigenvalue weighted by Crippen LogP contribution is 2.23. The van der Waals surface area contributed by atoms with Crippen molar-refractivity contribution in [2.24, 2.45) is 5.92 Å². The SMILES string of the molecule is CCNC(CCN1CCCC(CC)C1)c1ccc(Cl)cc1. The zero-order chi connectivity index (χ0) is 15.1. The molecule has 0 spiro atoms. The molecular weight excluding hydrogens is 280 g/mol. The third kappa shape index (κ3) is 5.28. The van der Waals surface area contributed by atoms with E-state index < -0.39 is 0 Å². The molecule has 0 radical (unpaired) electrons. The predicted molar refractivity (Wildman–Crippen MR) is 91.9 cm³/mol. The van der Waals surface area contributed by atoms with Crippen molar-refractivity contribution in [1.82, 2.24) is 10.2 Å². The maximum Gasteiger partial charge on any atom is 0.0406 e. The molecule has 21 heavy (non-hydrogen) atoms. The lowest BCUT2D eigenvalue weighted by atomic mass is 9.95. The summed E-state index contributed by atoms with van der Waals surface area (Å²) in [6.45, 7) is 9.26. The van der Waals surface area contributed by atoms with Crippen LogP contribution in [0.4, 0.5) is 0 Å². The molecule has 2 unspecified atom stereocenters. The number of hydrogen-bond donors (Lipinski definition) is 1. The van der Waals surface area contributed by atoms with Crippen molar-refractivity contribution >= 4 is 11.6 Å². The van der Waals surface area contributed by atoms with Gasteiger partial charge < -0.3 is 10.2 Å². The molecule has 2 nitrogen and oxygen atoms in total. The van der Waals surface area contributed by atoms with Crippen LogP contribution in [0.15, 0.2) is 24.3 Å². The minimum absolute atomic E-state index is 0.439. The lowest BCUT2D eigenvalue weighted by Crippen LogP contribution is -2.37. The van der Waals surface area contributed by atoms with E-state index >= 15 is 0 Å². The normalized spacial score (nSPS) is 21.4. The quantitative estimate of drug-likeness (QED) is 0.797. The lowest BCUT2D eigenvalue weighted by Gasteiger charge is -2.33. The smallest absolute Gasteiger partial charge is 0.0406 e. The first-order valence-electron chi connectivity index (χ1n) is 8.44. The molecule has 1 heterocycles. The number of hydrogen-bond acceptors (Lipinski definition) is 2. The molecule has 118 valence electrons. The lowest BCUT2D eigenvalue weighted by molar-refractivity contribution is 0.165. The average Bonchev–Trinajstić information content (AvgIpc) is 2.52. The van der Waals surface area contributed by atoms with Gasteiger partial charge >= 0.3 is 0 Å². The van der Waals surface area contributed by atoms with Crippen molar-refractivity contribution in [2.75, 3.05) is 26.2 Å². The van der Waals surface area contributed by atoms with Gasteiger partial charge in [0.05, 0.1) is 0 Å².